The Bertz CT molecular complexity index is 1220. The van der Waals surface area contributed by atoms with Crippen LogP contribution in [0.5, 0.6) is 0 Å². The van der Waals surface area contributed by atoms with Gasteiger partial charge >= 0.3 is 5.65 Å². The summed E-state index contributed by atoms with van der Waals surface area (Å²) < 4.78 is 14.6. The Labute approximate surface area is 164 Å². The molecule has 2 aromatic heterocycles. The van der Waals surface area contributed by atoms with Crippen LogP contribution in [0.4, 0.5) is 10.1 Å². The van der Waals surface area contributed by atoms with E-state index in [0.29, 0.717) is 22.3 Å². The normalized spacial score (nSPS) is 11.2. The maximum absolute atomic E-state index is 12.9. The molecule has 0 aliphatic carbocycles. The van der Waals surface area contributed by atoms with Crippen molar-refractivity contribution < 1.29 is 24.3 Å². The Morgan fingerprint density at radius 3 is 2.52 bits per heavy atom. The molecular formula is C21H16FN4O3+. The summed E-state index contributed by atoms with van der Waals surface area (Å²) in [6.07, 6.45) is 4.35. The summed E-state index contributed by atoms with van der Waals surface area (Å²) >= 11 is 0. The fourth-order valence-electron chi connectivity index (χ4n) is 2.83. The lowest BCUT2D eigenvalue weighted by Crippen LogP contribution is -2.30. The molecule has 4 aromatic rings. The summed E-state index contributed by atoms with van der Waals surface area (Å²) in [5.41, 5.74) is 2.44. The number of aromatic nitrogens is 3. The Balaban J connectivity index is 1.49. The zero-order chi connectivity index (χ0) is 20.4. The van der Waals surface area contributed by atoms with Crippen molar-refractivity contribution in [1.82, 2.24) is 9.71 Å². The van der Waals surface area contributed by atoms with Gasteiger partial charge in [-0.25, -0.2) is 4.39 Å². The minimum atomic E-state index is -0.336. The first kappa shape index (κ1) is 18.2. The fourth-order valence-corrected chi connectivity index (χ4v) is 2.83. The molecule has 0 radical (unpaired) electrons. The van der Waals surface area contributed by atoms with E-state index in [2.05, 4.69) is 10.3 Å². The number of benzene rings is 2. The molecule has 0 saturated carbocycles. The summed E-state index contributed by atoms with van der Waals surface area (Å²) in [6, 6.07) is 15.7. The number of fused-ring (bicyclic) bond motifs is 1. The summed E-state index contributed by atoms with van der Waals surface area (Å²) in [5.74, 6) is -0.419. The van der Waals surface area contributed by atoms with Crippen LogP contribution in [0.2, 0.25) is 0 Å². The van der Waals surface area contributed by atoms with Crippen LogP contribution in [-0.2, 0) is 4.79 Å². The van der Waals surface area contributed by atoms with Gasteiger partial charge in [-0.3, -0.25) is 4.79 Å². The second-order valence-corrected chi connectivity index (χ2v) is 6.26. The lowest BCUT2D eigenvalue weighted by atomic mass is 10.2. The SMILES string of the molecule is O=C(/C=C/c1ccc(F)cc1)Nc1ccc(-c2nc3c(ccc[n+]3O)n2O)cc1. The molecule has 0 spiro atoms. The van der Waals surface area contributed by atoms with Gasteiger partial charge in [0.2, 0.25) is 5.91 Å². The number of imidazole rings is 1. The fraction of sp³-hybridized carbons (Fsp3) is 0. The number of nitrogens with zero attached hydrogens (tertiary/aromatic N) is 3. The van der Waals surface area contributed by atoms with Gasteiger partial charge in [-0.1, -0.05) is 12.1 Å². The molecule has 3 N–H and O–H groups in total. The average molecular weight is 391 g/mol. The lowest BCUT2D eigenvalue weighted by Gasteiger charge is -2.03. The summed E-state index contributed by atoms with van der Waals surface area (Å²) in [5, 5.41) is 22.8. The van der Waals surface area contributed by atoms with Gasteiger partial charge in [-0.05, 0) is 69.9 Å². The van der Waals surface area contributed by atoms with Gasteiger partial charge < -0.3 is 15.7 Å². The highest BCUT2D eigenvalue weighted by Gasteiger charge is 2.22. The average Bonchev–Trinajstić information content (AvgIpc) is 3.06. The Morgan fingerprint density at radius 2 is 1.83 bits per heavy atom. The van der Waals surface area contributed by atoms with Gasteiger partial charge in [-0.2, -0.15) is 0 Å². The van der Waals surface area contributed by atoms with Crippen molar-refractivity contribution in [3.05, 3.63) is 84.3 Å². The van der Waals surface area contributed by atoms with E-state index in [9.17, 15) is 19.6 Å². The van der Waals surface area contributed by atoms with Crippen molar-refractivity contribution in [2.75, 3.05) is 5.32 Å². The number of hydrogen-bond donors (Lipinski definition) is 3. The minimum Gasteiger partial charge on any atom is -0.424 e. The van der Waals surface area contributed by atoms with Crippen molar-refractivity contribution in [2.45, 2.75) is 0 Å². The smallest absolute Gasteiger partial charge is 0.391 e. The molecular weight excluding hydrogens is 375 g/mol. The molecule has 2 aromatic carbocycles. The number of carbonyl (C=O) groups excluding carboxylic acids is 1. The van der Waals surface area contributed by atoms with Crippen molar-refractivity contribution in [2.24, 2.45) is 0 Å². The summed E-state index contributed by atoms with van der Waals surface area (Å²) in [6.45, 7) is 0. The van der Waals surface area contributed by atoms with E-state index in [0.717, 1.165) is 9.46 Å². The number of carbonyl (C=O) groups is 1. The van der Waals surface area contributed by atoms with Crippen LogP contribution in [0, 0.1) is 5.82 Å². The molecule has 0 atom stereocenters. The predicted octanol–water partition coefficient (Wildman–Crippen LogP) is 3.26. The van der Waals surface area contributed by atoms with E-state index < -0.39 is 0 Å². The molecule has 29 heavy (non-hydrogen) atoms. The minimum absolute atomic E-state index is 0.216. The second-order valence-electron chi connectivity index (χ2n) is 6.26. The molecule has 8 heteroatoms. The molecule has 0 fully saturated rings. The molecule has 0 unspecified atom stereocenters. The van der Waals surface area contributed by atoms with Gasteiger partial charge in [0.1, 0.15) is 12.0 Å². The topological polar surface area (TPSA) is 91.3 Å². The number of anilines is 1. The highest BCUT2D eigenvalue weighted by Crippen LogP contribution is 2.23. The van der Waals surface area contributed by atoms with E-state index in [1.165, 1.54) is 24.4 Å². The van der Waals surface area contributed by atoms with Crippen molar-refractivity contribution in [1.29, 1.82) is 0 Å². The van der Waals surface area contributed by atoms with E-state index in [1.807, 2.05) is 0 Å². The zero-order valence-electron chi connectivity index (χ0n) is 15.0. The van der Waals surface area contributed by atoms with Crippen LogP contribution in [-0.4, -0.2) is 26.0 Å². The van der Waals surface area contributed by atoms with E-state index in [-0.39, 0.29) is 23.2 Å². The first-order valence-electron chi connectivity index (χ1n) is 8.68. The third kappa shape index (κ3) is 3.77. The van der Waals surface area contributed by atoms with Crippen molar-refractivity contribution in [3.63, 3.8) is 0 Å². The number of hydrogen-bond acceptors (Lipinski definition) is 4. The number of halogens is 1. The number of nitrogens with one attached hydrogen (secondary N) is 1. The zero-order valence-corrected chi connectivity index (χ0v) is 15.0. The molecule has 1 amide bonds. The monoisotopic (exact) mass is 391 g/mol. The first-order chi connectivity index (χ1) is 14.0. The van der Waals surface area contributed by atoms with E-state index >= 15 is 0 Å². The summed E-state index contributed by atoms with van der Waals surface area (Å²) in [4.78, 5) is 16.3. The predicted molar refractivity (Wildman–Crippen MR) is 104 cm³/mol. The molecule has 2 heterocycles. The van der Waals surface area contributed by atoms with Gasteiger partial charge in [-0.15, -0.1) is 4.73 Å². The third-order valence-electron chi connectivity index (χ3n) is 4.28. The molecule has 0 aliphatic heterocycles. The van der Waals surface area contributed by atoms with Gasteiger partial charge in [0, 0.05) is 17.3 Å². The molecule has 0 bridgehead atoms. The molecule has 7 nitrogen and oxygen atoms in total. The second kappa shape index (κ2) is 7.43. The van der Waals surface area contributed by atoms with E-state index in [1.54, 1.807) is 54.6 Å². The van der Waals surface area contributed by atoms with Crippen molar-refractivity contribution >= 4 is 28.8 Å². The van der Waals surface area contributed by atoms with Gasteiger partial charge in [0.15, 0.2) is 5.52 Å². The Morgan fingerprint density at radius 1 is 1.10 bits per heavy atom. The largest absolute Gasteiger partial charge is 0.424 e. The van der Waals surface area contributed by atoms with Gasteiger partial charge in [0.05, 0.1) is 0 Å². The van der Waals surface area contributed by atoms with Gasteiger partial charge in [0.25, 0.3) is 5.82 Å². The third-order valence-corrected chi connectivity index (χ3v) is 4.28. The Hall–Kier alpha value is -4.20. The van der Waals surface area contributed by atoms with Crippen LogP contribution < -0.4 is 10.0 Å². The van der Waals surface area contributed by atoms with Crippen LogP contribution in [0.25, 0.3) is 28.6 Å². The van der Waals surface area contributed by atoms with E-state index in [4.69, 9.17) is 0 Å². The maximum atomic E-state index is 12.9. The summed E-state index contributed by atoms with van der Waals surface area (Å²) in [7, 11) is 0. The first-order valence-corrected chi connectivity index (χ1v) is 8.68. The number of amides is 1. The molecule has 0 saturated heterocycles. The Kier molecular flexibility index (Phi) is 4.66. The molecule has 0 aliphatic rings. The van der Waals surface area contributed by atoms with Crippen LogP contribution in [0.1, 0.15) is 5.56 Å². The molecule has 144 valence electrons. The quantitative estimate of drug-likeness (QED) is 0.283. The number of rotatable bonds is 4. The molecule has 4 rings (SSSR count). The lowest BCUT2D eigenvalue weighted by molar-refractivity contribution is -0.885. The van der Waals surface area contributed by atoms with Crippen LogP contribution in [0.3, 0.4) is 0 Å². The highest BCUT2D eigenvalue weighted by molar-refractivity contribution is 6.02. The standard InChI is InChI=1S/C21H15FN4O3/c22-16-8-3-14(4-9-16)5-12-19(27)23-17-10-6-15(7-11-17)20-24-21-18(26(20)29)2-1-13-25(21)28/h1-13,28-29H/p+1/b12-5+. The van der Waals surface area contributed by atoms with Crippen LogP contribution in [0.15, 0.2) is 72.9 Å². The maximum Gasteiger partial charge on any atom is 0.391 e. The van der Waals surface area contributed by atoms with Crippen LogP contribution >= 0.6 is 0 Å². The van der Waals surface area contributed by atoms with Crippen molar-refractivity contribution in [3.8, 4) is 11.4 Å². The number of pyridine rings is 1. The highest BCUT2D eigenvalue weighted by atomic mass is 19.1.